The molecule has 0 radical (unpaired) electrons. The Morgan fingerprint density at radius 2 is 1.64 bits per heavy atom. The van der Waals surface area contributed by atoms with Gasteiger partial charge in [0.15, 0.2) is 0 Å². The first-order valence-electron chi connectivity index (χ1n) is 9.83. The van der Waals surface area contributed by atoms with Crippen molar-refractivity contribution in [2.24, 2.45) is 0 Å². The quantitative estimate of drug-likeness (QED) is 0.705. The van der Waals surface area contributed by atoms with E-state index in [0.29, 0.717) is 24.4 Å². The summed E-state index contributed by atoms with van der Waals surface area (Å²) in [6, 6.07) is 15.9. The van der Waals surface area contributed by atoms with Gasteiger partial charge in [0.2, 0.25) is 0 Å². The lowest BCUT2D eigenvalue weighted by Gasteiger charge is -2.26. The predicted molar refractivity (Wildman–Crippen MR) is 112 cm³/mol. The number of likely N-dealkylation sites (N-methyl/N-ethyl adjacent to an activating group) is 1. The number of hydrogen-bond acceptors (Lipinski definition) is 3. The molecule has 0 atom stereocenters. The molecular weight excluding hydrogens is 348 g/mol. The number of aryl methyl sites for hydroxylation is 2. The molecule has 0 bridgehead atoms. The van der Waals surface area contributed by atoms with Gasteiger partial charge in [-0.25, -0.2) is 0 Å². The lowest BCUT2D eigenvalue weighted by atomic mass is 9.97. The van der Waals surface area contributed by atoms with E-state index in [4.69, 9.17) is 0 Å². The highest BCUT2D eigenvalue weighted by atomic mass is 16.2. The van der Waals surface area contributed by atoms with Crippen molar-refractivity contribution in [2.45, 2.75) is 47.2 Å². The van der Waals surface area contributed by atoms with Crippen molar-refractivity contribution in [3.63, 3.8) is 0 Å². The fraction of sp³-hybridized carbons (Fsp3) is 0.333. The topological polar surface area (TPSA) is 40.6 Å². The van der Waals surface area contributed by atoms with Crippen molar-refractivity contribution in [2.75, 3.05) is 6.54 Å². The highest BCUT2D eigenvalue weighted by Gasteiger charge is 2.42. The van der Waals surface area contributed by atoms with Gasteiger partial charge in [0.1, 0.15) is 5.70 Å². The summed E-state index contributed by atoms with van der Waals surface area (Å²) in [7, 11) is 0. The second-order valence-corrected chi connectivity index (χ2v) is 7.62. The van der Waals surface area contributed by atoms with Crippen LogP contribution in [0.3, 0.4) is 0 Å². The smallest absolute Gasteiger partial charge is 0.278 e. The Kier molecular flexibility index (Phi) is 5.68. The third kappa shape index (κ3) is 3.59. The molecule has 0 N–H and O–H groups in total. The third-order valence-electron chi connectivity index (χ3n) is 5.17. The van der Waals surface area contributed by atoms with Crippen LogP contribution in [0.25, 0.3) is 5.57 Å². The Balaban J connectivity index is 2.15. The average Bonchev–Trinajstić information content (AvgIpc) is 2.91. The predicted octanol–water partition coefficient (Wildman–Crippen LogP) is 4.31. The highest BCUT2D eigenvalue weighted by molar-refractivity contribution is 6.35. The van der Waals surface area contributed by atoms with Crippen LogP contribution in [0.1, 0.15) is 43.0 Å². The molecule has 28 heavy (non-hydrogen) atoms. The lowest BCUT2D eigenvalue weighted by Crippen LogP contribution is -2.39. The number of benzene rings is 2. The van der Waals surface area contributed by atoms with Crippen molar-refractivity contribution >= 4 is 17.4 Å². The van der Waals surface area contributed by atoms with Crippen molar-refractivity contribution in [1.29, 1.82) is 0 Å². The van der Waals surface area contributed by atoms with Crippen LogP contribution in [0.2, 0.25) is 0 Å². The minimum atomic E-state index is -0.201. The first-order valence-corrected chi connectivity index (χ1v) is 9.83. The van der Waals surface area contributed by atoms with Crippen molar-refractivity contribution < 1.29 is 9.59 Å². The van der Waals surface area contributed by atoms with Gasteiger partial charge in [-0.05, 0) is 51.3 Å². The standard InChI is InChI=1S/C24H28N2O2/c1-6-25(15-19-10-8-7-9-11-19)22-21(20-13-12-17(4)14-18(20)5)23(27)26(16(2)3)24(22)28/h7-14,16H,6,15H2,1-5H3. The summed E-state index contributed by atoms with van der Waals surface area (Å²) in [5.41, 5.74) is 5.13. The molecule has 4 nitrogen and oxygen atoms in total. The maximum absolute atomic E-state index is 13.3. The Labute approximate surface area is 167 Å². The maximum Gasteiger partial charge on any atom is 0.278 e. The minimum Gasteiger partial charge on any atom is -0.362 e. The van der Waals surface area contributed by atoms with Gasteiger partial charge in [0.25, 0.3) is 11.8 Å². The van der Waals surface area contributed by atoms with Gasteiger partial charge in [0.05, 0.1) is 5.57 Å². The molecule has 0 saturated carbocycles. The van der Waals surface area contributed by atoms with E-state index >= 15 is 0 Å². The van der Waals surface area contributed by atoms with Gasteiger partial charge in [0, 0.05) is 19.1 Å². The number of hydrogen-bond donors (Lipinski definition) is 0. The third-order valence-corrected chi connectivity index (χ3v) is 5.17. The normalized spacial score (nSPS) is 14.4. The summed E-state index contributed by atoms with van der Waals surface area (Å²) in [4.78, 5) is 30.0. The van der Waals surface area contributed by atoms with E-state index in [0.717, 1.165) is 22.3 Å². The lowest BCUT2D eigenvalue weighted by molar-refractivity contribution is -0.139. The van der Waals surface area contributed by atoms with Gasteiger partial charge in [-0.15, -0.1) is 0 Å². The summed E-state index contributed by atoms with van der Waals surface area (Å²) >= 11 is 0. The number of rotatable bonds is 6. The second kappa shape index (κ2) is 8.01. The molecule has 4 heteroatoms. The van der Waals surface area contributed by atoms with Crippen LogP contribution in [0.5, 0.6) is 0 Å². The molecule has 1 heterocycles. The van der Waals surface area contributed by atoms with E-state index in [1.165, 1.54) is 4.90 Å². The van der Waals surface area contributed by atoms with Crippen LogP contribution < -0.4 is 0 Å². The zero-order valence-electron chi connectivity index (χ0n) is 17.3. The summed E-state index contributed by atoms with van der Waals surface area (Å²) in [5, 5.41) is 0. The molecule has 0 aromatic heterocycles. The molecule has 1 aliphatic rings. The summed E-state index contributed by atoms with van der Waals surface area (Å²) in [6.07, 6.45) is 0. The number of amides is 2. The molecule has 0 unspecified atom stereocenters. The summed E-state index contributed by atoms with van der Waals surface area (Å²) in [5.74, 6) is -0.402. The summed E-state index contributed by atoms with van der Waals surface area (Å²) < 4.78 is 0. The van der Waals surface area contributed by atoms with Crippen molar-refractivity contribution in [3.8, 4) is 0 Å². The first kappa shape index (κ1) is 19.9. The Morgan fingerprint density at radius 3 is 2.21 bits per heavy atom. The Bertz CT molecular complexity index is 929. The number of carbonyl (C=O) groups is 2. The van der Waals surface area contributed by atoms with E-state index in [1.54, 1.807) is 0 Å². The molecule has 0 fully saturated rings. The zero-order chi connectivity index (χ0) is 20.4. The number of nitrogens with zero attached hydrogens (tertiary/aromatic N) is 2. The van der Waals surface area contributed by atoms with Crippen molar-refractivity contribution in [1.82, 2.24) is 9.80 Å². The first-order chi connectivity index (χ1) is 13.3. The fourth-order valence-electron chi connectivity index (χ4n) is 3.79. The SMILES string of the molecule is CCN(Cc1ccccc1)C1=C(c2ccc(C)cc2C)C(=O)N(C(C)C)C1=O. The van der Waals surface area contributed by atoms with Gasteiger partial charge in [-0.3, -0.25) is 14.5 Å². The summed E-state index contributed by atoms with van der Waals surface area (Å²) in [6.45, 7) is 11.0. The maximum atomic E-state index is 13.3. The monoisotopic (exact) mass is 376 g/mol. The number of imide groups is 1. The van der Waals surface area contributed by atoms with E-state index < -0.39 is 0 Å². The number of carbonyl (C=O) groups excluding carboxylic acids is 2. The molecule has 1 aliphatic heterocycles. The largest absolute Gasteiger partial charge is 0.362 e. The zero-order valence-corrected chi connectivity index (χ0v) is 17.3. The molecule has 3 rings (SSSR count). The Hall–Kier alpha value is -2.88. The van der Waals surface area contributed by atoms with Gasteiger partial charge >= 0.3 is 0 Å². The van der Waals surface area contributed by atoms with Crippen LogP contribution in [0, 0.1) is 13.8 Å². The average molecular weight is 377 g/mol. The molecule has 0 spiro atoms. The Morgan fingerprint density at radius 1 is 0.964 bits per heavy atom. The van der Waals surface area contributed by atoms with Crippen LogP contribution >= 0.6 is 0 Å². The minimum absolute atomic E-state index is 0.186. The second-order valence-electron chi connectivity index (χ2n) is 7.62. The van der Waals surface area contributed by atoms with Crippen molar-refractivity contribution in [3.05, 3.63) is 76.5 Å². The van der Waals surface area contributed by atoms with E-state index in [-0.39, 0.29) is 17.9 Å². The molecule has 2 aromatic carbocycles. The molecule has 2 aromatic rings. The van der Waals surface area contributed by atoms with Crippen LogP contribution in [0.15, 0.2) is 54.2 Å². The molecule has 0 saturated heterocycles. The van der Waals surface area contributed by atoms with Gasteiger partial charge in [-0.1, -0.05) is 54.1 Å². The van der Waals surface area contributed by atoms with Crippen LogP contribution in [0.4, 0.5) is 0 Å². The van der Waals surface area contributed by atoms with E-state index in [9.17, 15) is 9.59 Å². The van der Waals surface area contributed by atoms with E-state index in [1.807, 2.05) is 82.0 Å². The van der Waals surface area contributed by atoms with Gasteiger partial charge in [-0.2, -0.15) is 0 Å². The molecule has 146 valence electrons. The molecule has 0 aliphatic carbocycles. The van der Waals surface area contributed by atoms with Crippen LogP contribution in [-0.4, -0.2) is 34.2 Å². The van der Waals surface area contributed by atoms with Gasteiger partial charge < -0.3 is 4.90 Å². The highest BCUT2D eigenvalue weighted by Crippen LogP contribution is 2.35. The van der Waals surface area contributed by atoms with E-state index in [2.05, 4.69) is 6.07 Å². The molecular formula is C24H28N2O2. The molecule has 2 amide bonds. The fourth-order valence-corrected chi connectivity index (χ4v) is 3.79. The van der Waals surface area contributed by atoms with Crippen LogP contribution in [-0.2, 0) is 16.1 Å².